The molecule has 1 amide bonds. The first-order chi connectivity index (χ1) is 14.5. The number of carbonyl (C=O) groups is 1. The van der Waals surface area contributed by atoms with Crippen LogP contribution in [0, 0.1) is 18.7 Å². The molecule has 0 aliphatic carbocycles. The number of pyridine rings is 1. The van der Waals surface area contributed by atoms with E-state index in [1.807, 2.05) is 25.3 Å². The Labute approximate surface area is 180 Å². The number of anilines is 1. The number of aryl methyl sites for hydroxylation is 1. The van der Waals surface area contributed by atoms with E-state index in [1.165, 1.54) is 36.3 Å². The molecule has 0 bridgehead atoms. The van der Waals surface area contributed by atoms with Crippen molar-refractivity contribution in [3.05, 3.63) is 64.5 Å². The van der Waals surface area contributed by atoms with Crippen molar-refractivity contribution < 1.29 is 9.18 Å². The Bertz CT molecular complexity index is 1010. The average molecular weight is 425 g/mol. The number of rotatable bonds is 5. The Balaban J connectivity index is 1.37. The van der Waals surface area contributed by atoms with Crippen LogP contribution in [0.2, 0.25) is 0 Å². The number of aromatic nitrogens is 2. The van der Waals surface area contributed by atoms with E-state index in [1.54, 1.807) is 12.1 Å². The van der Waals surface area contributed by atoms with Gasteiger partial charge in [0.15, 0.2) is 0 Å². The maximum absolute atomic E-state index is 13.1. The maximum Gasteiger partial charge on any atom is 0.263 e. The minimum Gasteiger partial charge on any atom is -0.357 e. The molecule has 3 heterocycles. The van der Waals surface area contributed by atoms with Crippen molar-refractivity contribution in [1.82, 2.24) is 15.3 Å². The van der Waals surface area contributed by atoms with Crippen LogP contribution in [-0.2, 0) is 6.54 Å². The number of nitrogens with one attached hydrogen (secondary N) is 1. The molecule has 1 aliphatic rings. The number of carbonyl (C=O) groups excluding carboxylic acids is 1. The van der Waals surface area contributed by atoms with Crippen molar-refractivity contribution in [1.29, 1.82) is 0 Å². The zero-order chi connectivity index (χ0) is 21.1. The molecule has 1 saturated heterocycles. The van der Waals surface area contributed by atoms with Gasteiger partial charge < -0.3 is 10.2 Å². The van der Waals surface area contributed by atoms with Crippen LogP contribution in [0.5, 0.6) is 0 Å². The van der Waals surface area contributed by atoms with Crippen molar-refractivity contribution >= 4 is 23.1 Å². The maximum atomic E-state index is 13.1. The van der Waals surface area contributed by atoms with Crippen molar-refractivity contribution in [2.75, 3.05) is 18.0 Å². The summed E-state index contributed by atoms with van der Waals surface area (Å²) in [6.45, 7) is 6.61. The second-order valence-corrected chi connectivity index (χ2v) is 8.82. The van der Waals surface area contributed by atoms with Crippen LogP contribution in [-0.4, -0.2) is 29.0 Å². The van der Waals surface area contributed by atoms with Gasteiger partial charge in [-0.1, -0.05) is 13.0 Å². The van der Waals surface area contributed by atoms with E-state index in [9.17, 15) is 9.18 Å². The number of nitrogens with zero attached hydrogens (tertiary/aromatic N) is 3. The lowest BCUT2D eigenvalue weighted by molar-refractivity contribution is 0.0954. The molecule has 0 atom stereocenters. The number of amides is 1. The summed E-state index contributed by atoms with van der Waals surface area (Å²) in [6, 6.07) is 10.2. The zero-order valence-corrected chi connectivity index (χ0v) is 18.0. The molecular formula is C23H25FN4OS. The molecule has 1 aliphatic heterocycles. The summed E-state index contributed by atoms with van der Waals surface area (Å²) >= 11 is 1.32. The minimum atomic E-state index is -0.292. The highest BCUT2D eigenvalue weighted by atomic mass is 32.1. The monoisotopic (exact) mass is 424 g/mol. The van der Waals surface area contributed by atoms with Gasteiger partial charge in [0.2, 0.25) is 0 Å². The molecule has 7 heteroatoms. The van der Waals surface area contributed by atoms with Gasteiger partial charge in [-0.3, -0.25) is 4.79 Å². The molecule has 2 aromatic heterocycles. The van der Waals surface area contributed by atoms with Gasteiger partial charge in [-0.25, -0.2) is 14.4 Å². The first kappa shape index (κ1) is 20.5. The lowest BCUT2D eigenvalue weighted by Gasteiger charge is -2.31. The Morgan fingerprint density at radius 1 is 1.20 bits per heavy atom. The number of halogens is 1. The summed E-state index contributed by atoms with van der Waals surface area (Å²) in [4.78, 5) is 24.6. The summed E-state index contributed by atoms with van der Waals surface area (Å²) in [5.74, 6) is 1.33. The van der Waals surface area contributed by atoms with Gasteiger partial charge in [-0.2, -0.15) is 0 Å². The highest BCUT2D eigenvalue weighted by Gasteiger charge is 2.18. The third-order valence-corrected chi connectivity index (χ3v) is 6.67. The predicted octanol–water partition coefficient (Wildman–Crippen LogP) is 4.82. The average Bonchev–Trinajstić information content (AvgIpc) is 3.15. The van der Waals surface area contributed by atoms with Gasteiger partial charge in [0.05, 0.1) is 5.69 Å². The van der Waals surface area contributed by atoms with Crippen molar-refractivity contribution in [2.45, 2.75) is 33.2 Å². The smallest absolute Gasteiger partial charge is 0.263 e. The summed E-state index contributed by atoms with van der Waals surface area (Å²) < 4.78 is 13.1. The van der Waals surface area contributed by atoms with E-state index < -0.39 is 0 Å². The molecule has 156 valence electrons. The summed E-state index contributed by atoms with van der Waals surface area (Å²) in [6.07, 6.45) is 4.23. The van der Waals surface area contributed by atoms with Crippen LogP contribution < -0.4 is 10.2 Å². The largest absolute Gasteiger partial charge is 0.357 e. The standard InChI is InChI=1S/C23H25FN4OS/c1-15-9-11-28(12-10-15)20-8-3-17(13-25-20)14-26-22(29)21-16(2)27-23(30-21)18-4-6-19(24)7-5-18/h3-8,13,15H,9-12,14H2,1-2H3,(H,26,29). The van der Waals surface area contributed by atoms with E-state index in [0.29, 0.717) is 22.1 Å². The van der Waals surface area contributed by atoms with E-state index in [0.717, 1.165) is 36.0 Å². The Morgan fingerprint density at radius 2 is 1.93 bits per heavy atom. The highest BCUT2D eigenvalue weighted by Crippen LogP contribution is 2.28. The van der Waals surface area contributed by atoms with E-state index >= 15 is 0 Å². The van der Waals surface area contributed by atoms with Gasteiger partial charge in [0, 0.05) is 31.4 Å². The SMILES string of the molecule is Cc1nc(-c2ccc(F)cc2)sc1C(=O)NCc1ccc(N2CCC(C)CC2)nc1. The molecule has 1 N–H and O–H groups in total. The van der Waals surface area contributed by atoms with Crippen molar-refractivity contribution in [3.8, 4) is 10.6 Å². The first-order valence-corrected chi connectivity index (χ1v) is 11.0. The molecular weight excluding hydrogens is 399 g/mol. The third-order valence-electron chi connectivity index (χ3n) is 5.46. The van der Waals surface area contributed by atoms with E-state index in [-0.39, 0.29) is 11.7 Å². The molecule has 4 rings (SSSR count). The quantitative estimate of drug-likeness (QED) is 0.638. The Kier molecular flexibility index (Phi) is 6.08. The molecule has 0 unspecified atom stereocenters. The van der Waals surface area contributed by atoms with Crippen LogP contribution in [0.25, 0.3) is 10.6 Å². The number of hydrogen-bond donors (Lipinski definition) is 1. The number of thiazole rings is 1. The van der Waals surface area contributed by atoms with Crippen molar-refractivity contribution in [3.63, 3.8) is 0 Å². The van der Waals surface area contributed by atoms with E-state index in [2.05, 4.69) is 27.1 Å². The zero-order valence-electron chi connectivity index (χ0n) is 17.2. The fraction of sp³-hybridized carbons (Fsp3) is 0.348. The van der Waals surface area contributed by atoms with E-state index in [4.69, 9.17) is 0 Å². The molecule has 0 spiro atoms. The van der Waals surface area contributed by atoms with Crippen molar-refractivity contribution in [2.24, 2.45) is 5.92 Å². The Hall–Kier alpha value is -2.80. The summed E-state index contributed by atoms with van der Waals surface area (Å²) in [5, 5.41) is 3.66. The molecule has 1 aromatic carbocycles. The molecule has 3 aromatic rings. The molecule has 0 saturated carbocycles. The molecule has 30 heavy (non-hydrogen) atoms. The highest BCUT2D eigenvalue weighted by molar-refractivity contribution is 7.17. The molecule has 5 nitrogen and oxygen atoms in total. The molecule has 1 fully saturated rings. The lowest BCUT2D eigenvalue weighted by atomic mass is 9.99. The van der Waals surface area contributed by atoms with Gasteiger partial charge in [-0.15, -0.1) is 11.3 Å². The predicted molar refractivity (Wildman–Crippen MR) is 118 cm³/mol. The number of benzene rings is 1. The third kappa shape index (κ3) is 4.67. The second kappa shape index (κ2) is 8.92. The van der Waals surface area contributed by atoms with Crippen LogP contribution >= 0.6 is 11.3 Å². The molecule has 0 radical (unpaired) electrons. The van der Waals surface area contributed by atoms with Crippen LogP contribution in [0.4, 0.5) is 10.2 Å². The van der Waals surface area contributed by atoms with Gasteiger partial charge in [-0.05, 0) is 61.6 Å². The number of piperidine rings is 1. The van der Waals surface area contributed by atoms with Crippen LogP contribution in [0.15, 0.2) is 42.6 Å². The second-order valence-electron chi connectivity index (χ2n) is 7.82. The van der Waals surface area contributed by atoms with Gasteiger partial charge >= 0.3 is 0 Å². The topological polar surface area (TPSA) is 58.1 Å². The van der Waals surface area contributed by atoms with Crippen LogP contribution in [0.1, 0.15) is 40.7 Å². The normalized spacial score (nSPS) is 14.7. The summed E-state index contributed by atoms with van der Waals surface area (Å²) in [5.41, 5.74) is 2.43. The minimum absolute atomic E-state index is 0.160. The van der Waals surface area contributed by atoms with Gasteiger partial charge in [0.25, 0.3) is 5.91 Å². The van der Waals surface area contributed by atoms with Crippen LogP contribution in [0.3, 0.4) is 0 Å². The first-order valence-electron chi connectivity index (χ1n) is 10.2. The van der Waals surface area contributed by atoms with Gasteiger partial charge in [0.1, 0.15) is 21.5 Å². The lowest BCUT2D eigenvalue weighted by Crippen LogP contribution is -2.33. The fourth-order valence-corrected chi connectivity index (χ4v) is 4.52. The summed E-state index contributed by atoms with van der Waals surface area (Å²) in [7, 11) is 0. The number of hydrogen-bond acceptors (Lipinski definition) is 5. The fourth-order valence-electron chi connectivity index (χ4n) is 3.53. The Morgan fingerprint density at radius 3 is 2.60 bits per heavy atom.